The van der Waals surface area contributed by atoms with Gasteiger partial charge in [-0.2, -0.15) is 0 Å². The van der Waals surface area contributed by atoms with Crippen molar-refractivity contribution in [3.05, 3.63) is 23.8 Å². The van der Waals surface area contributed by atoms with Gasteiger partial charge < -0.3 is 24.1 Å². The van der Waals surface area contributed by atoms with Crippen molar-refractivity contribution in [2.75, 3.05) is 54.7 Å². The molecule has 1 unspecified atom stereocenters. The summed E-state index contributed by atoms with van der Waals surface area (Å²) in [6.45, 7) is 2.06. The molecule has 148 valence electrons. The van der Waals surface area contributed by atoms with E-state index in [9.17, 15) is 9.90 Å². The maximum Gasteiger partial charge on any atom is 0.320 e. The molecule has 26 heavy (non-hydrogen) atoms. The first kappa shape index (κ1) is 22.2. The van der Waals surface area contributed by atoms with E-state index in [1.807, 2.05) is 23.1 Å². The van der Waals surface area contributed by atoms with Crippen LogP contribution in [0.15, 0.2) is 18.2 Å². The Labute approximate surface area is 155 Å². The lowest BCUT2D eigenvalue weighted by atomic mass is 10.0. The van der Waals surface area contributed by atoms with E-state index in [4.69, 9.17) is 18.9 Å². The van der Waals surface area contributed by atoms with Crippen molar-refractivity contribution < 1.29 is 28.8 Å². The van der Waals surface area contributed by atoms with Gasteiger partial charge in [-0.25, -0.2) is 0 Å². The van der Waals surface area contributed by atoms with Crippen LogP contribution in [0.3, 0.4) is 0 Å². The van der Waals surface area contributed by atoms with Crippen molar-refractivity contribution in [1.82, 2.24) is 4.90 Å². The van der Waals surface area contributed by atoms with Gasteiger partial charge in [-0.1, -0.05) is 6.07 Å². The van der Waals surface area contributed by atoms with Gasteiger partial charge in [0.15, 0.2) is 0 Å². The minimum atomic E-state index is -0.829. The number of rotatable bonds is 14. The van der Waals surface area contributed by atoms with Crippen LogP contribution in [0.4, 0.5) is 0 Å². The van der Waals surface area contributed by atoms with E-state index >= 15 is 0 Å². The van der Waals surface area contributed by atoms with Crippen molar-refractivity contribution in [1.29, 1.82) is 0 Å². The minimum absolute atomic E-state index is 0.480. The van der Waals surface area contributed by atoms with Crippen molar-refractivity contribution in [2.45, 2.75) is 25.3 Å². The van der Waals surface area contributed by atoms with Gasteiger partial charge in [-0.15, -0.1) is 0 Å². The first-order valence-electron chi connectivity index (χ1n) is 8.73. The van der Waals surface area contributed by atoms with Gasteiger partial charge in [0.2, 0.25) is 0 Å². The van der Waals surface area contributed by atoms with E-state index in [0.29, 0.717) is 45.6 Å². The van der Waals surface area contributed by atoms with Crippen LogP contribution in [-0.2, 0) is 20.7 Å². The molecule has 1 N–H and O–H groups in total. The molecule has 0 radical (unpaired) electrons. The number of methoxy groups -OCH3 is 4. The number of carboxylic acids is 1. The molecule has 0 aromatic heterocycles. The zero-order valence-electron chi connectivity index (χ0n) is 16.2. The molecule has 0 saturated heterocycles. The topological polar surface area (TPSA) is 77.5 Å². The van der Waals surface area contributed by atoms with E-state index in [1.165, 1.54) is 0 Å². The maximum atomic E-state index is 11.8. The third-order valence-electron chi connectivity index (χ3n) is 4.33. The van der Waals surface area contributed by atoms with E-state index in [2.05, 4.69) is 0 Å². The van der Waals surface area contributed by atoms with Crippen molar-refractivity contribution in [3.63, 3.8) is 0 Å². The fourth-order valence-corrected chi connectivity index (χ4v) is 2.95. The Morgan fingerprint density at radius 2 is 1.58 bits per heavy atom. The lowest BCUT2D eigenvalue weighted by molar-refractivity contribution is -0.144. The largest absolute Gasteiger partial charge is 0.496 e. The van der Waals surface area contributed by atoms with E-state index in [1.54, 1.807) is 28.4 Å². The maximum absolute atomic E-state index is 11.8. The minimum Gasteiger partial charge on any atom is -0.496 e. The van der Waals surface area contributed by atoms with Crippen LogP contribution in [0.1, 0.15) is 18.4 Å². The molecule has 0 bridgehead atoms. The summed E-state index contributed by atoms with van der Waals surface area (Å²) in [4.78, 5) is 13.7. The predicted molar refractivity (Wildman–Crippen MR) is 99.2 cm³/mol. The van der Waals surface area contributed by atoms with Crippen LogP contribution in [0.25, 0.3) is 0 Å². The van der Waals surface area contributed by atoms with E-state index in [-0.39, 0.29) is 0 Å². The summed E-state index contributed by atoms with van der Waals surface area (Å²) in [5, 5.41) is 9.67. The fraction of sp³-hybridized carbons (Fsp3) is 0.632. The molecule has 0 aliphatic rings. The van der Waals surface area contributed by atoms with Crippen molar-refractivity contribution >= 4 is 5.97 Å². The second-order valence-corrected chi connectivity index (χ2v) is 5.91. The second kappa shape index (κ2) is 12.5. The molecule has 1 atom stereocenters. The molecule has 7 nitrogen and oxygen atoms in total. The Bertz CT molecular complexity index is 507. The highest BCUT2D eigenvalue weighted by Crippen LogP contribution is 2.30. The molecule has 1 aromatic rings. The molecular weight excluding hydrogens is 338 g/mol. The number of aliphatic carboxylic acids is 1. The zero-order chi connectivity index (χ0) is 19.4. The molecule has 0 fully saturated rings. The Morgan fingerprint density at radius 1 is 1.04 bits per heavy atom. The standard InChI is InChI=1S/C19H31NO6/c1-23-13-11-20(12-14-24-2)16(19(21)22)8-5-7-15-17(25-3)9-6-10-18(15)26-4/h6,9-10,16H,5,7-8,11-14H2,1-4H3,(H,21,22). The number of nitrogens with zero attached hydrogens (tertiary/aromatic N) is 1. The monoisotopic (exact) mass is 369 g/mol. The number of ether oxygens (including phenoxy) is 4. The SMILES string of the molecule is COCCN(CCOC)C(CCCc1c(OC)cccc1OC)C(=O)O. The predicted octanol–water partition coefficient (Wildman–Crippen LogP) is 2.07. The quantitative estimate of drug-likeness (QED) is 0.538. The first-order chi connectivity index (χ1) is 12.6. The van der Waals surface area contributed by atoms with Crippen LogP contribution < -0.4 is 9.47 Å². The Morgan fingerprint density at radius 3 is 2.00 bits per heavy atom. The number of hydrogen-bond acceptors (Lipinski definition) is 6. The lowest BCUT2D eigenvalue weighted by Gasteiger charge is -2.28. The Balaban J connectivity index is 2.77. The highest BCUT2D eigenvalue weighted by molar-refractivity contribution is 5.73. The summed E-state index contributed by atoms with van der Waals surface area (Å²) in [6, 6.07) is 5.06. The highest BCUT2D eigenvalue weighted by atomic mass is 16.5. The van der Waals surface area contributed by atoms with E-state index < -0.39 is 12.0 Å². The smallest absolute Gasteiger partial charge is 0.320 e. The summed E-state index contributed by atoms with van der Waals surface area (Å²) in [6.07, 6.45) is 1.90. The van der Waals surface area contributed by atoms with Crippen LogP contribution in [0.2, 0.25) is 0 Å². The molecule has 0 heterocycles. The van der Waals surface area contributed by atoms with Crippen LogP contribution >= 0.6 is 0 Å². The molecular formula is C19H31NO6. The van der Waals surface area contributed by atoms with Gasteiger partial charge in [0.05, 0.1) is 27.4 Å². The molecule has 0 saturated carbocycles. The molecule has 0 aliphatic carbocycles. The third-order valence-corrected chi connectivity index (χ3v) is 4.33. The second-order valence-electron chi connectivity index (χ2n) is 5.91. The molecule has 0 amide bonds. The van der Waals surface area contributed by atoms with Crippen molar-refractivity contribution in [2.24, 2.45) is 0 Å². The van der Waals surface area contributed by atoms with E-state index in [0.717, 1.165) is 17.1 Å². The summed E-state index contributed by atoms with van der Waals surface area (Å²) in [7, 11) is 6.46. The third kappa shape index (κ3) is 6.82. The van der Waals surface area contributed by atoms with Gasteiger partial charge >= 0.3 is 5.97 Å². The average molecular weight is 369 g/mol. The van der Waals surface area contributed by atoms with Crippen molar-refractivity contribution in [3.8, 4) is 11.5 Å². The highest BCUT2D eigenvalue weighted by Gasteiger charge is 2.25. The Hall–Kier alpha value is -1.83. The van der Waals surface area contributed by atoms with Crippen LogP contribution in [0.5, 0.6) is 11.5 Å². The molecule has 1 aromatic carbocycles. The summed E-state index contributed by atoms with van der Waals surface area (Å²) in [5.41, 5.74) is 0.960. The molecule has 0 spiro atoms. The average Bonchev–Trinajstić information content (AvgIpc) is 2.65. The number of benzene rings is 1. The van der Waals surface area contributed by atoms with Crippen LogP contribution in [0, 0.1) is 0 Å². The number of carbonyl (C=O) groups is 1. The Kier molecular flexibility index (Phi) is 10.7. The van der Waals surface area contributed by atoms with Gasteiger partial charge in [-0.3, -0.25) is 9.69 Å². The normalized spacial score (nSPS) is 12.2. The summed E-state index contributed by atoms with van der Waals surface area (Å²) in [5.74, 6) is 0.683. The van der Waals surface area contributed by atoms with Gasteiger partial charge in [0, 0.05) is 32.9 Å². The zero-order valence-corrected chi connectivity index (χ0v) is 16.2. The summed E-state index contributed by atoms with van der Waals surface area (Å²) < 4.78 is 21.0. The van der Waals surface area contributed by atoms with Gasteiger partial charge in [0.1, 0.15) is 17.5 Å². The number of hydrogen-bond donors (Lipinski definition) is 1. The molecule has 7 heteroatoms. The molecule has 0 aliphatic heterocycles. The summed E-state index contributed by atoms with van der Waals surface area (Å²) >= 11 is 0. The van der Waals surface area contributed by atoms with Gasteiger partial charge in [0.25, 0.3) is 0 Å². The lowest BCUT2D eigenvalue weighted by Crippen LogP contribution is -2.44. The first-order valence-corrected chi connectivity index (χ1v) is 8.73. The molecule has 1 rings (SSSR count). The fourth-order valence-electron chi connectivity index (χ4n) is 2.95. The van der Waals surface area contributed by atoms with Crippen LogP contribution in [-0.4, -0.2) is 76.8 Å². The van der Waals surface area contributed by atoms with Gasteiger partial charge in [-0.05, 0) is 31.4 Å². The number of carboxylic acid groups (broad SMARTS) is 1.